The molecule has 1 aliphatic carbocycles. The number of hydrogen-bond donors (Lipinski definition) is 1. The lowest BCUT2D eigenvalue weighted by Gasteiger charge is -2.34. The van der Waals surface area contributed by atoms with Crippen LogP contribution in [-0.4, -0.2) is 40.8 Å². The highest BCUT2D eigenvalue weighted by molar-refractivity contribution is 9.10. The predicted molar refractivity (Wildman–Crippen MR) is 132 cm³/mol. The van der Waals surface area contributed by atoms with E-state index in [1.807, 2.05) is 41.2 Å². The van der Waals surface area contributed by atoms with Crippen molar-refractivity contribution in [3.05, 3.63) is 57.2 Å². The number of methoxy groups -OCH3 is 1. The van der Waals surface area contributed by atoms with Crippen molar-refractivity contribution in [1.29, 1.82) is 0 Å². The molecule has 0 aliphatic heterocycles. The van der Waals surface area contributed by atoms with Crippen molar-refractivity contribution in [1.82, 2.24) is 14.7 Å². The fraction of sp³-hybridized carbons (Fsp3) is 0.417. The Labute approximate surface area is 201 Å². The van der Waals surface area contributed by atoms with Gasteiger partial charge in [-0.15, -0.1) is 0 Å². The number of rotatable bonds is 6. The largest absolute Gasteiger partial charge is 0.469 e. The number of anilines is 1. The molecule has 1 fully saturated rings. The highest BCUT2D eigenvalue weighted by Crippen LogP contribution is 2.31. The lowest BCUT2D eigenvalue weighted by atomic mass is 9.85. The van der Waals surface area contributed by atoms with Crippen LogP contribution in [0.25, 0.3) is 10.9 Å². The molecule has 0 radical (unpaired) electrons. The molecule has 3 aromatic rings. The van der Waals surface area contributed by atoms with Crippen LogP contribution in [0.15, 0.2) is 41.0 Å². The van der Waals surface area contributed by atoms with Gasteiger partial charge in [-0.05, 0) is 68.1 Å². The minimum Gasteiger partial charge on any atom is -0.469 e. The highest BCUT2D eigenvalue weighted by Gasteiger charge is 2.29. The van der Waals surface area contributed by atoms with Crippen molar-refractivity contribution in [2.24, 2.45) is 5.92 Å². The third kappa shape index (κ3) is 4.80. The van der Waals surface area contributed by atoms with E-state index in [9.17, 15) is 4.79 Å². The number of nitrogens with two attached hydrogens (primary N) is 1. The molecule has 32 heavy (non-hydrogen) atoms. The summed E-state index contributed by atoms with van der Waals surface area (Å²) in [5, 5.41) is 6.28. The van der Waals surface area contributed by atoms with E-state index in [-0.39, 0.29) is 11.9 Å². The zero-order valence-corrected chi connectivity index (χ0v) is 20.7. The number of nitrogen functional groups attached to an aromatic ring is 1. The van der Waals surface area contributed by atoms with Crippen LogP contribution >= 0.6 is 27.5 Å². The second-order valence-electron chi connectivity index (χ2n) is 8.56. The maximum atomic E-state index is 11.8. The summed E-state index contributed by atoms with van der Waals surface area (Å²) in [7, 11) is 3.57. The summed E-state index contributed by atoms with van der Waals surface area (Å²) in [5.41, 5.74) is 10.2. The van der Waals surface area contributed by atoms with Gasteiger partial charge in [-0.1, -0.05) is 33.6 Å². The molecule has 0 spiro atoms. The molecule has 0 amide bonds. The fourth-order valence-corrected chi connectivity index (χ4v) is 5.31. The lowest BCUT2D eigenvalue weighted by molar-refractivity contribution is -0.146. The Hall–Kier alpha value is -2.09. The minimum absolute atomic E-state index is 0.0300. The van der Waals surface area contributed by atoms with E-state index >= 15 is 0 Å². The molecular weight excluding hydrogens is 492 g/mol. The number of nitrogens with zero attached hydrogens (tertiary/aromatic N) is 3. The summed E-state index contributed by atoms with van der Waals surface area (Å²) in [5.74, 6) is -0.0579. The fourth-order valence-electron chi connectivity index (χ4n) is 4.61. The summed E-state index contributed by atoms with van der Waals surface area (Å²) in [4.78, 5) is 14.1. The number of carbonyl (C=O) groups excluding carboxylic acids is 1. The van der Waals surface area contributed by atoms with E-state index in [0.717, 1.165) is 64.4 Å². The highest BCUT2D eigenvalue weighted by atomic mass is 79.9. The van der Waals surface area contributed by atoms with Gasteiger partial charge in [0.25, 0.3) is 0 Å². The Morgan fingerprint density at radius 2 is 2.03 bits per heavy atom. The molecular formula is C24H28BrClN4O2. The van der Waals surface area contributed by atoms with Gasteiger partial charge in [-0.2, -0.15) is 5.10 Å². The Morgan fingerprint density at radius 1 is 1.28 bits per heavy atom. The number of halogens is 2. The van der Waals surface area contributed by atoms with Crippen LogP contribution in [0.1, 0.15) is 36.8 Å². The third-order valence-electron chi connectivity index (χ3n) is 6.54. The minimum atomic E-state index is -0.0879. The summed E-state index contributed by atoms with van der Waals surface area (Å²) < 4.78 is 7.85. The van der Waals surface area contributed by atoms with E-state index in [1.165, 1.54) is 7.11 Å². The Morgan fingerprint density at radius 3 is 2.75 bits per heavy atom. The van der Waals surface area contributed by atoms with Gasteiger partial charge in [0.15, 0.2) is 0 Å². The molecule has 0 bridgehead atoms. The maximum Gasteiger partial charge on any atom is 0.308 e. The predicted octanol–water partition coefficient (Wildman–Crippen LogP) is 5.25. The molecule has 0 unspecified atom stereocenters. The van der Waals surface area contributed by atoms with Crippen LogP contribution in [0.3, 0.4) is 0 Å². The van der Waals surface area contributed by atoms with E-state index in [4.69, 9.17) is 22.1 Å². The van der Waals surface area contributed by atoms with Crippen LogP contribution in [0.2, 0.25) is 5.02 Å². The SMILES string of the molecule is COC(=O)C1CCC(N(C)Cc2cc(Cl)c(Cn3ncc4c(Br)cccc43)cc2N)CC1. The molecule has 1 aliphatic rings. The van der Waals surface area contributed by atoms with Crippen LogP contribution in [0.4, 0.5) is 5.69 Å². The summed E-state index contributed by atoms with van der Waals surface area (Å²) >= 11 is 10.2. The van der Waals surface area contributed by atoms with Gasteiger partial charge in [0.2, 0.25) is 0 Å². The van der Waals surface area contributed by atoms with Crippen LogP contribution in [0.5, 0.6) is 0 Å². The van der Waals surface area contributed by atoms with E-state index in [1.54, 1.807) is 0 Å². The molecule has 1 heterocycles. The molecule has 8 heteroatoms. The average Bonchev–Trinajstić information content (AvgIpc) is 3.20. The van der Waals surface area contributed by atoms with E-state index in [2.05, 4.69) is 33.0 Å². The molecule has 0 atom stereocenters. The van der Waals surface area contributed by atoms with Gasteiger partial charge in [-0.3, -0.25) is 14.4 Å². The molecule has 4 rings (SSSR count). The molecule has 2 aromatic carbocycles. The number of esters is 1. The topological polar surface area (TPSA) is 73.4 Å². The first kappa shape index (κ1) is 23.1. The molecule has 1 saturated carbocycles. The smallest absolute Gasteiger partial charge is 0.308 e. The second kappa shape index (κ2) is 9.81. The average molecular weight is 520 g/mol. The van der Waals surface area contributed by atoms with E-state index in [0.29, 0.717) is 17.6 Å². The zero-order chi connectivity index (χ0) is 22.8. The Balaban J connectivity index is 1.45. The van der Waals surface area contributed by atoms with Gasteiger partial charge in [0.1, 0.15) is 0 Å². The number of benzene rings is 2. The molecule has 1 aromatic heterocycles. The molecule has 2 N–H and O–H groups in total. The molecule has 6 nitrogen and oxygen atoms in total. The number of ether oxygens (including phenoxy) is 1. The summed E-state index contributed by atoms with van der Waals surface area (Å²) in [6.07, 6.45) is 5.54. The third-order valence-corrected chi connectivity index (χ3v) is 7.58. The quantitative estimate of drug-likeness (QED) is 0.356. The monoisotopic (exact) mass is 518 g/mol. The number of fused-ring (bicyclic) bond motifs is 1. The summed E-state index contributed by atoms with van der Waals surface area (Å²) in [6.45, 7) is 1.27. The van der Waals surface area contributed by atoms with E-state index < -0.39 is 0 Å². The van der Waals surface area contributed by atoms with Crippen LogP contribution < -0.4 is 5.73 Å². The van der Waals surface area contributed by atoms with Crippen molar-refractivity contribution in [3.63, 3.8) is 0 Å². The first-order valence-corrected chi connectivity index (χ1v) is 12.0. The lowest BCUT2D eigenvalue weighted by Crippen LogP contribution is -2.36. The van der Waals surface area contributed by atoms with Gasteiger partial charge >= 0.3 is 5.97 Å². The van der Waals surface area contributed by atoms with Crippen molar-refractivity contribution in [2.75, 3.05) is 19.9 Å². The van der Waals surface area contributed by atoms with Crippen LogP contribution in [-0.2, 0) is 22.6 Å². The normalized spacial score (nSPS) is 18.9. The zero-order valence-electron chi connectivity index (χ0n) is 18.4. The number of carbonyl (C=O) groups is 1. The van der Waals surface area contributed by atoms with Crippen molar-refractivity contribution in [2.45, 2.75) is 44.8 Å². The number of hydrogen-bond acceptors (Lipinski definition) is 5. The molecule has 170 valence electrons. The number of aromatic nitrogens is 2. The Bertz CT molecular complexity index is 1120. The first-order valence-electron chi connectivity index (χ1n) is 10.8. The van der Waals surface area contributed by atoms with Gasteiger partial charge in [0, 0.05) is 33.2 Å². The van der Waals surface area contributed by atoms with Crippen molar-refractivity contribution >= 4 is 50.1 Å². The van der Waals surface area contributed by atoms with Crippen LogP contribution in [0, 0.1) is 5.92 Å². The standard InChI is InChI=1S/C24H28BrClN4O2/c1-29(18-8-6-15(7-9-18)24(31)32-2)13-17-10-21(26)16(11-22(17)27)14-30-23-5-3-4-20(25)19(23)12-28-30/h3-5,10-12,15,18H,6-9,13-14,27H2,1-2H3. The molecule has 0 saturated heterocycles. The Kier molecular flexibility index (Phi) is 7.08. The first-order chi connectivity index (χ1) is 15.4. The van der Waals surface area contributed by atoms with Gasteiger partial charge in [-0.25, -0.2) is 0 Å². The summed E-state index contributed by atoms with van der Waals surface area (Å²) in [6, 6.07) is 10.4. The van der Waals surface area contributed by atoms with Crippen molar-refractivity contribution < 1.29 is 9.53 Å². The second-order valence-corrected chi connectivity index (χ2v) is 9.82. The van der Waals surface area contributed by atoms with Gasteiger partial charge in [0.05, 0.1) is 31.3 Å². The van der Waals surface area contributed by atoms with Gasteiger partial charge < -0.3 is 10.5 Å². The van der Waals surface area contributed by atoms with Crippen molar-refractivity contribution in [3.8, 4) is 0 Å². The maximum absolute atomic E-state index is 11.8.